The molecule has 0 aromatic carbocycles. The minimum atomic E-state index is -4.30. The van der Waals surface area contributed by atoms with Crippen molar-refractivity contribution < 1.29 is 28.9 Å². The van der Waals surface area contributed by atoms with E-state index < -0.39 is 30.7 Å². The third kappa shape index (κ3) is 3.74. The van der Waals surface area contributed by atoms with Crippen LogP contribution in [0.25, 0.3) is 0 Å². The van der Waals surface area contributed by atoms with E-state index in [0.717, 1.165) is 0 Å². The first kappa shape index (κ1) is 19.6. The maximum Gasteiger partial charge on any atom is 0.359 e. The zero-order chi connectivity index (χ0) is 16.6. The molecule has 0 bridgehead atoms. The van der Waals surface area contributed by atoms with Crippen molar-refractivity contribution >= 4 is 31.4 Å². The van der Waals surface area contributed by atoms with Gasteiger partial charge in [0, 0.05) is 6.00 Å². The fourth-order valence-corrected chi connectivity index (χ4v) is 4.03. The second-order valence-corrected chi connectivity index (χ2v) is 9.29. The zero-order valence-electron chi connectivity index (χ0n) is 13.1. The fourth-order valence-electron chi connectivity index (χ4n) is 2.24. The predicted molar refractivity (Wildman–Crippen MR) is 86.4 cm³/mol. The van der Waals surface area contributed by atoms with Crippen LogP contribution in [-0.2, 0) is 13.8 Å². The lowest BCUT2D eigenvalue weighted by atomic mass is 9.90. The van der Waals surface area contributed by atoms with Crippen LogP contribution in [-0.4, -0.2) is 56.9 Å². The summed E-state index contributed by atoms with van der Waals surface area (Å²) in [6, 6.07) is -0.246. The Kier molecular flexibility index (Phi) is 6.16. The molecule has 0 aromatic heterocycles. The topological polar surface area (TPSA) is 96.2 Å². The average molecular weight is 387 g/mol. The van der Waals surface area contributed by atoms with Crippen LogP contribution in [0.15, 0.2) is 0 Å². The highest BCUT2D eigenvalue weighted by Crippen LogP contribution is 2.59. The molecule has 0 spiro atoms. The Hall–Kier alpha value is 0.575. The highest BCUT2D eigenvalue weighted by Gasteiger charge is 2.54. The standard InChI is InChI=1S/C12H25BBrO6P/c1-5-11(3,9-8(15)7(14)10(13)19-9)20-21(17,18)12(4,16)6-2/h7-10,15-16H,5-6,13H2,1-4H3,(H,17,18)/t7-,8+,9?,10-,11?,12?/m1/s1. The van der Waals surface area contributed by atoms with Gasteiger partial charge in [0.2, 0.25) is 0 Å². The van der Waals surface area contributed by atoms with Crippen molar-refractivity contribution in [1.82, 2.24) is 0 Å². The SMILES string of the molecule is B[C@@H]1OC(C(C)(CC)OP(=O)(O)C(C)(O)CC)[C@@H](O)[C@H]1Br. The van der Waals surface area contributed by atoms with Gasteiger partial charge >= 0.3 is 7.60 Å². The molecule has 1 fully saturated rings. The number of alkyl halides is 1. The van der Waals surface area contributed by atoms with E-state index in [-0.39, 0.29) is 17.3 Å². The number of aliphatic hydroxyl groups is 2. The van der Waals surface area contributed by atoms with E-state index in [1.165, 1.54) is 6.92 Å². The summed E-state index contributed by atoms with van der Waals surface area (Å²) < 4.78 is 23.5. The normalized spacial score (nSPS) is 38.5. The maximum absolute atomic E-state index is 12.4. The summed E-state index contributed by atoms with van der Waals surface area (Å²) in [6.07, 6.45) is -1.19. The monoisotopic (exact) mass is 386 g/mol. The predicted octanol–water partition coefficient (Wildman–Crippen LogP) is 0.958. The van der Waals surface area contributed by atoms with Gasteiger partial charge in [0.25, 0.3) is 0 Å². The van der Waals surface area contributed by atoms with Crippen LogP contribution in [0.2, 0.25) is 0 Å². The first-order chi connectivity index (χ1) is 9.42. The minimum Gasteiger partial charge on any atom is -0.389 e. The van der Waals surface area contributed by atoms with Crippen molar-refractivity contribution in [3.63, 3.8) is 0 Å². The van der Waals surface area contributed by atoms with Gasteiger partial charge < -0.3 is 19.8 Å². The van der Waals surface area contributed by atoms with Crippen molar-refractivity contribution in [2.24, 2.45) is 0 Å². The largest absolute Gasteiger partial charge is 0.389 e. The first-order valence-electron chi connectivity index (χ1n) is 7.15. The lowest BCUT2D eigenvalue weighted by Gasteiger charge is -2.40. The number of aliphatic hydroxyl groups excluding tert-OH is 1. The smallest absolute Gasteiger partial charge is 0.359 e. The van der Waals surface area contributed by atoms with Gasteiger partial charge in [0.15, 0.2) is 5.34 Å². The fraction of sp³-hybridized carbons (Fsp3) is 1.00. The van der Waals surface area contributed by atoms with Crippen molar-refractivity contribution in [3.05, 3.63) is 0 Å². The average Bonchev–Trinajstić information content (AvgIpc) is 2.66. The summed E-state index contributed by atoms with van der Waals surface area (Å²) in [5.41, 5.74) is -1.18. The molecule has 4 unspecified atom stereocenters. The third-order valence-electron chi connectivity index (χ3n) is 4.36. The van der Waals surface area contributed by atoms with E-state index in [1.807, 2.05) is 0 Å². The number of ether oxygens (including phenoxy) is 1. The molecule has 1 aliphatic rings. The number of hydrogen-bond acceptors (Lipinski definition) is 5. The van der Waals surface area contributed by atoms with E-state index in [1.54, 1.807) is 28.6 Å². The Morgan fingerprint density at radius 3 is 2.24 bits per heavy atom. The molecule has 124 valence electrons. The van der Waals surface area contributed by atoms with E-state index >= 15 is 0 Å². The molecule has 9 heteroatoms. The highest BCUT2D eigenvalue weighted by atomic mass is 79.9. The Balaban J connectivity index is 3.04. The molecular weight excluding hydrogens is 362 g/mol. The quantitative estimate of drug-likeness (QED) is 0.357. The maximum atomic E-state index is 12.4. The lowest BCUT2D eigenvalue weighted by Crippen LogP contribution is -2.48. The van der Waals surface area contributed by atoms with Gasteiger partial charge in [-0.25, -0.2) is 0 Å². The van der Waals surface area contributed by atoms with E-state index in [4.69, 9.17) is 9.26 Å². The number of hydrogen-bond donors (Lipinski definition) is 3. The van der Waals surface area contributed by atoms with Gasteiger partial charge in [-0.3, -0.25) is 9.09 Å². The van der Waals surface area contributed by atoms with Gasteiger partial charge in [-0.1, -0.05) is 29.8 Å². The van der Waals surface area contributed by atoms with Crippen molar-refractivity contribution in [1.29, 1.82) is 0 Å². The van der Waals surface area contributed by atoms with E-state index in [2.05, 4.69) is 15.9 Å². The molecule has 1 aliphatic heterocycles. The van der Waals surface area contributed by atoms with Crippen LogP contribution < -0.4 is 0 Å². The van der Waals surface area contributed by atoms with E-state index in [0.29, 0.717) is 6.42 Å². The molecule has 0 amide bonds. The van der Waals surface area contributed by atoms with Crippen LogP contribution in [0.5, 0.6) is 0 Å². The molecule has 0 radical (unpaired) electrons. The molecule has 1 rings (SSSR count). The Morgan fingerprint density at radius 1 is 1.38 bits per heavy atom. The summed E-state index contributed by atoms with van der Waals surface area (Å²) in [7, 11) is -2.50. The molecule has 6 nitrogen and oxygen atoms in total. The van der Waals surface area contributed by atoms with Crippen LogP contribution in [0.4, 0.5) is 0 Å². The Morgan fingerprint density at radius 2 is 1.90 bits per heavy atom. The summed E-state index contributed by atoms with van der Waals surface area (Å²) in [5.74, 6) is 0. The molecule has 0 aliphatic carbocycles. The molecule has 0 saturated carbocycles. The number of rotatable bonds is 6. The molecule has 3 N–H and O–H groups in total. The summed E-state index contributed by atoms with van der Waals surface area (Å²) in [4.78, 5) is 9.85. The van der Waals surface area contributed by atoms with Crippen LogP contribution >= 0.6 is 23.5 Å². The van der Waals surface area contributed by atoms with Gasteiger partial charge in [0.1, 0.15) is 19.6 Å². The summed E-state index contributed by atoms with van der Waals surface area (Å²) >= 11 is 3.35. The van der Waals surface area contributed by atoms with Crippen molar-refractivity contribution in [2.45, 2.75) is 74.5 Å². The first-order valence-corrected chi connectivity index (χ1v) is 9.64. The zero-order valence-corrected chi connectivity index (χ0v) is 15.6. The lowest BCUT2D eigenvalue weighted by molar-refractivity contribution is -0.106. The van der Waals surface area contributed by atoms with Gasteiger partial charge in [-0.2, -0.15) is 0 Å². The minimum absolute atomic E-state index is 0.0755. The molecule has 1 saturated heterocycles. The molecule has 0 aromatic rings. The van der Waals surface area contributed by atoms with Gasteiger partial charge in [-0.15, -0.1) is 0 Å². The molecule has 7 atom stereocenters. The van der Waals surface area contributed by atoms with Crippen molar-refractivity contribution in [2.75, 3.05) is 0 Å². The van der Waals surface area contributed by atoms with Crippen LogP contribution in [0, 0.1) is 0 Å². The van der Waals surface area contributed by atoms with Gasteiger partial charge in [-0.05, 0) is 26.7 Å². The Labute approximate surface area is 135 Å². The van der Waals surface area contributed by atoms with E-state index in [9.17, 15) is 19.7 Å². The molecule has 21 heavy (non-hydrogen) atoms. The Bertz CT molecular complexity index is 423. The molecular formula is C12H25BBrO6P. The summed E-state index contributed by atoms with van der Waals surface area (Å²) in [6.45, 7) is 6.27. The van der Waals surface area contributed by atoms with Crippen LogP contribution in [0.1, 0.15) is 40.5 Å². The second kappa shape index (κ2) is 6.60. The van der Waals surface area contributed by atoms with Crippen molar-refractivity contribution in [3.8, 4) is 0 Å². The number of halogens is 1. The van der Waals surface area contributed by atoms with Gasteiger partial charge in [0.05, 0.1) is 10.9 Å². The summed E-state index contributed by atoms with van der Waals surface area (Å²) in [5, 5.41) is 18.5. The second-order valence-electron chi connectivity index (χ2n) is 6.05. The highest BCUT2D eigenvalue weighted by molar-refractivity contribution is 9.09. The van der Waals surface area contributed by atoms with Crippen LogP contribution in [0.3, 0.4) is 0 Å². The third-order valence-corrected chi connectivity index (χ3v) is 7.85. The molecule has 1 heterocycles.